The molecular formula is C16H14N2O. The predicted octanol–water partition coefficient (Wildman–Crippen LogP) is 3.89. The van der Waals surface area contributed by atoms with Gasteiger partial charge in [0.05, 0.1) is 11.9 Å². The van der Waals surface area contributed by atoms with E-state index >= 15 is 0 Å². The molecule has 1 aromatic carbocycles. The predicted molar refractivity (Wildman–Crippen MR) is 73.7 cm³/mol. The molecule has 19 heavy (non-hydrogen) atoms. The van der Waals surface area contributed by atoms with Crippen molar-refractivity contribution in [1.29, 1.82) is 0 Å². The van der Waals surface area contributed by atoms with Crippen molar-refractivity contribution in [2.75, 3.05) is 0 Å². The second kappa shape index (κ2) is 5.06. The summed E-state index contributed by atoms with van der Waals surface area (Å²) in [5.41, 5.74) is 3.23. The highest BCUT2D eigenvalue weighted by Crippen LogP contribution is 2.24. The van der Waals surface area contributed by atoms with Gasteiger partial charge >= 0.3 is 0 Å². The molecule has 0 bridgehead atoms. The maximum absolute atomic E-state index is 5.33. The van der Waals surface area contributed by atoms with Crippen molar-refractivity contribution in [3.05, 3.63) is 72.6 Å². The van der Waals surface area contributed by atoms with Crippen LogP contribution < -0.4 is 0 Å². The molecule has 2 heterocycles. The summed E-state index contributed by atoms with van der Waals surface area (Å²) in [6, 6.07) is 14.3. The summed E-state index contributed by atoms with van der Waals surface area (Å²) in [6.07, 6.45) is 5.10. The highest BCUT2D eigenvalue weighted by Gasteiger charge is 2.12. The number of nitrogens with zero attached hydrogens (tertiary/aromatic N) is 2. The second-order valence-electron chi connectivity index (χ2n) is 4.47. The fourth-order valence-electron chi connectivity index (χ4n) is 2.04. The van der Waals surface area contributed by atoms with E-state index in [0.29, 0.717) is 0 Å². The van der Waals surface area contributed by atoms with Gasteiger partial charge in [-0.25, -0.2) is 4.98 Å². The van der Waals surface area contributed by atoms with Crippen molar-refractivity contribution in [3.63, 3.8) is 0 Å². The summed E-state index contributed by atoms with van der Waals surface area (Å²) >= 11 is 0. The van der Waals surface area contributed by atoms with E-state index in [9.17, 15) is 0 Å². The Hall–Kier alpha value is -2.42. The largest absolute Gasteiger partial charge is 0.448 e. The fourth-order valence-corrected chi connectivity index (χ4v) is 2.04. The Bertz CT molecular complexity index is 630. The average molecular weight is 250 g/mol. The molecule has 0 aliphatic rings. The monoisotopic (exact) mass is 250 g/mol. The molecule has 3 nitrogen and oxygen atoms in total. The molecule has 0 fully saturated rings. The number of pyridine rings is 1. The van der Waals surface area contributed by atoms with E-state index in [1.54, 1.807) is 6.20 Å². The van der Waals surface area contributed by atoms with Crippen LogP contribution in [0, 0.1) is 0 Å². The van der Waals surface area contributed by atoms with E-state index in [2.05, 4.69) is 35.1 Å². The minimum atomic E-state index is 0.167. The first-order chi connectivity index (χ1) is 9.34. The number of benzene rings is 1. The van der Waals surface area contributed by atoms with Crippen LogP contribution in [0.3, 0.4) is 0 Å². The minimum absolute atomic E-state index is 0.167. The van der Waals surface area contributed by atoms with E-state index in [-0.39, 0.29) is 5.92 Å². The minimum Gasteiger partial charge on any atom is -0.448 e. The fraction of sp³-hybridized carbons (Fsp3) is 0.125. The van der Waals surface area contributed by atoms with Crippen molar-refractivity contribution in [1.82, 2.24) is 9.97 Å². The zero-order valence-corrected chi connectivity index (χ0v) is 10.7. The molecule has 2 aromatic heterocycles. The SMILES string of the molecule is CC(c1ccc(-c2ccccc2)nc1)c1cnco1. The number of rotatable bonds is 3. The van der Waals surface area contributed by atoms with Crippen molar-refractivity contribution >= 4 is 0 Å². The van der Waals surface area contributed by atoms with Crippen LogP contribution in [0.1, 0.15) is 24.2 Å². The number of oxazole rings is 1. The summed E-state index contributed by atoms with van der Waals surface area (Å²) in [7, 11) is 0. The van der Waals surface area contributed by atoms with Gasteiger partial charge in [0, 0.05) is 17.7 Å². The van der Waals surface area contributed by atoms with Crippen molar-refractivity contribution in [3.8, 4) is 11.3 Å². The van der Waals surface area contributed by atoms with Crippen LogP contribution in [-0.2, 0) is 0 Å². The van der Waals surface area contributed by atoms with Crippen LogP contribution in [0.2, 0.25) is 0 Å². The third-order valence-corrected chi connectivity index (χ3v) is 3.23. The topological polar surface area (TPSA) is 38.9 Å². The lowest BCUT2D eigenvalue weighted by Gasteiger charge is -2.08. The Labute approximate surface area is 112 Å². The molecule has 0 saturated carbocycles. The first kappa shape index (κ1) is 11.7. The van der Waals surface area contributed by atoms with Crippen molar-refractivity contribution in [2.24, 2.45) is 0 Å². The third kappa shape index (κ3) is 2.40. The number of hydrogen-bond donors (Lipinski definition) is 0. The van der Waals surface area contributed by atoms with Gasteiger partial charge in [-0.2, -0.15) is 0 Å². The third-order valence-electron chi connectivity index (χ3n) is 3.23. The Morgan fingerprint density at radius 3 is 2.47 bits per heavy atom. The molecular weight excluding hydrogens is 236 g/mol. The lowest BCUT2D eigenvalue weighted by Crippen LogP contribution is -1.95. The summed E-state index contributed by atoms with van der Waals surface area (Å²) in [5, 5.41) is 0. The van der Waals surface area contributed by atoms with Crippen LogP contribution >= 0.6 is 0 Å². The second-order valence-corrected chi connectivity index (χ2v) is 4.47. The van der Waals surface area contributed by atoms with Gasteiger partial charge in [-0.1, -0.05) is 43.3 Å². The van der Waals surface area contributed by atoms with Crippen LogP contribution in [-0.4, -0.2) is 9.97 Å². The van der Waals surface area contributed by atoms with Gasteiger partial charge in [0.15, 0.2) is 6.39 Å². The Kier molecular flexibility index (Phi) is 3.11. The summed E-state index contributed by atoms with van der Waals surface area (Å²) < 4.78 is 5.33. The van der Waals surface area contributed by atoms with E-state index in [1.807, 2.05) is 30.5 Å². The van der Waals surface area contributed by atoms with Gasteiger partial charge < -0.3 is 4.42 Å². The molecule has 0 spiro atoms. The molecule has 0 amide bonds. The van der Waals surface area contributed by atoms with Gasteiger partial charge in [0.2, 0.25) is 0 Å². The van der Waals surface area contributed by atoms with E-state index in [1.165, 1.54) is 6.39 Å². The summed E-state index contributed by atoms with van der Waals surface area (Å²) in [4.78, 5) is 8.46. The molecule has 3 heteroatoms. The zero-order valence-electron chi connectivity index (χ0n) is 10.7. The average Bonchev–Trinajstić information content (AvgIpc) is 3.02. The molecule has 94 valence electrons. The van der Waals surface area contributed by atoms with Crippen molar-refractivity contribution < 1.29 is 4.42 Å². The maximum atomic E-state index is 5.33. The van der Waals surface area contributed by atoms with Gasteiger partial charge in [-0.3, -0.25) is 4.98 Å². The number of hydrogen-bond acceptors (Lipinski definition) is 3. The number of aromatic nitrogens is 2. The molecule has 1 unspecified atom stereocenters. The molecule has 0 aliphatic heterocycles. The van der Waals surface area contributed by atoms with Crippen LogP contribution in [0.25, 0.3) is 11.3 Å². The summed E-state index contributed by atoms with van der Waals surface area (Å²) in [5.74, 6) is 1.02. The quantitative estimate of drug-likeness (QED) is 0.708. The molecule has 0 aliphatic carbocycles. The normalized spacial score (nSPS) is 12.3. The molecule has 0 saturated heterocycles. The summed E-state index contributed by atoms with van der Waals surface area (Å²) in [6.45, 7) is 2.08. The van der Waals surface area contributed by atoms with E-state index in [4.69, 9.17) is 4.42 Å². The highest BCUT2D eigenvalue weighted by atomic mass is 16.3. The first-order valence-electron chi connectivity index (χ1n) is 6.24. The Morgan fingerprint density at radius 2 is 1.84 bits per heavy atom. The standard InChI is InChI=1S/C16H14N2O/c1-12(16-10-17-11-19-16)14-7-8-15(18-9-14)13-5-3-2-4-6-13/h2-12H,1H3. The zero-order chi connectivity index (χ0) is 13.1. The molecule has 3 aromatic rings. The molecule has 0 radical (unpaired) electrons. The van der Waals surface area contributed by atoms with Gasteiger partial charge in [0.1, 0.15) is 5.76 Å². The van der Waals surface area contributed by atoms with Gasteiger partial charge in [-0.15, -0.1) is 0 Å². The molecule has 1 atom stereocenters. The van der Waals surface area contributed by atoms with E-state index in [0.717, 1.165) is 22.6 Å². The lowest BCUT2D eigenvalue weighted by molar-refractivity contribution is 0.490. The maximum Gasteiger partial charge on any atom is 0.180 e. The van der Waals surface area contributed by atoms with Crippen molar-refractivity contribution in [2.45, 2.75) is 12.8 Å². The van der Waals surface area contributed by atoms with Crippen LogP contribution in [0.4, 0.5) is 0 Å². The Balaban J connectivity index is 1.87. The van der Waals surface area contributed by atoms with Crippen LogP contribution in [0.5, 0.6) is 0 Å². The van der Waals surface area contributed by atoms with Crippen LogP contribution in [0.15, 0.2) is 65.7 Å². The first-order valence-corrected chi connectivity index (χ1v) is 6.24. The van der Waals surface area contributed by atoms with E-state index < -0.39 is 0 Å². The van der Waals surface area contributed by atoms with Gasteiger partial charge in [0.25, 0.3) is 0 Å². The Morgan fingerprint density at radius 1 is 1.00 bits per heavy atom. The molecule has 3 rings (SSSR count). The lowest BCUT2D eigenvalue weighted by atomic mass is 10.00. The molecule has 0 N–H and O–H groups in total. The smallest absolute Gasteiger partial charge is 0.180 e. The highest BCUT2D eigenvalue weighted by molar-refractivity contribution is 5.58. The van der Waals surface area contributed by atoms with Gasteiger partial charge in [-0.05, 0) is 11.6 Å².